The third kappa shape index (κ3) is 3.24. The zero-order valence-electron chi connectivity index (χ0n) is 13.8. The van der Waals surface area contributed by atoms with Crippen molar-refractivity contribution in [2.24, 2.45) is 0 Å². The highest BCUT2D eigenvalue weighted by molar-refractivity contribution is 5.77. The number of aryl methyl sites for hydroxylation is 1. The van der Waals surface area contributed by atoms with Crippen molar-refractivity contribution < 1.29 is 4.79 Å². The first-order chi connectivity index (χ1) is 11.1. The van der Waals surface area contributed by atoms with E-state index in [2.05, 4.69) is 14.9 Å². The van der Waals surface area contributed by atoms with E-state index in [9.17, 15) is 4.79 Å². The van der Waals surface area contributed by atoms with Gasteiger partial charge in [0.05, 0.1) is 30.7 Å². The number of hydrogen-bond acceptors (Lipinski definition) is 5. The van der Waals surface area contributed by atoms with Crippen LogP contribution in [0.1, 0.15) is 30.4 Å². The summed E-state index contributed by atoms with van der Waals surface area (Å²) in [6, 6.07) is 0.148. The Morgan fingerprint density at radius 1 is 1.39 bits per heavy atom. The number of hydrogen-bond donors (Lipinski definition) is 0. The van der Waals surface area contributed by atoms with Gasteiger partial charge in [0.2, 0.25) is 5.91 Å². The molecule has 1 aliphatic rings. The van der Waals surface area contributed by atoms with E-state index in [-0.39, 0.29) is 11.9 Å². The third-order valence-corrected chi connectivity index (χ3v) is 4.26. The number of likely N-dealkylation sites (tertiary alicyclic amines) is 1. The van der Waals surface area contributed by atoms with Crippen LogP contribution in [0.2, 0.25) is 0 Å². The van der Waals surface area contributed by atoms with Crippen molar-refractivity contribution in [3.63, 3.8) is 0 Å². The number of rotatable bonds is 4. The van der Waals surface area contributed by atoms with Gasteiger partial charge in [0.1, 0.15) is 5.82 Å². The maximum absolute atomic E-state index is 12.0. The van der Waals surface area contributed by atoms with Crippen LogP contribution in [0, 0.1) is 6.92 Å². The zero-order chi connectivity index (χ0) is 16.4. The summed E-state index contributed by atoms with van der Waals surface area (Å²) in [6.07, 6.45) is 9.25. The summed E-state index contributed by atoms with van der Waals surface area (Å²) < 4.78 is 1.92. The maximum atomic E-state index is 12.0. The Morgan fingerprint density at radius 2 is 2.22 bits per heavy atom. The van der Waals surface area contributed by atoms with Gasteiger partial charge in [-0.15, -0.1) is 0 Å². The zero-order valence-corrected chi connectivity index (χ0v) is 13.8. The van der Waals surface area contributed by atoms with E-state index in [1.807, 2.05) is 17.7 Å². The molecule has 3 rings (SSSR count). The highest BCUT2D eigenvalue weighted by Crippen LogP contribution is 2.30. The minimum Gasteiger partial charge on any atom is -0.348 e. The van der Waals surface area contributed by atoms with Crippen LogP contribution in [0.5, 0.6) is 0 Å². The van der Waals surface area contributed by atoms with Gasteiger partial charge >= 0.3 is 0 Å². The van der Waals surface area contributed by atoms with Gasteiger partial charge in [-0.1, -0.05) is 0 Å². The number of amides is 1. The van der Waals surface area contributed by atoms with Crippen molar-refractivity contribution in [3.05, 3.63) is 36.3 Å². The predicted octanol–water partition coefficient (Wildman–Crippen LogP) is 1.20. The number of nitrogens with zero attached hydrogens (tertiary/aromatic N) is 6. The molecule has 2 aromatic heterocycles. The summed E-state index contributed by atoms with van der Waals surface area (Å²) >= 11 is 0. The summed E-state index contributed by atoms with van der Waals surface area (Å²) in [5, 5.41) is 0. The fraction of sp³-hybridized carbons (Fsp3) is 0.500. The lowest BCUT2D eigenvalue weighted by Crippen LogP contribution is -2.36. The van der Waals surface area contributed by atoms with Gasteiger partial charge in [-0.2, -0.15) is 0 Å². The van der Waals surface area contributed by atoms with E-state index in [1.165, 1.54) is 0 Å². The molecule has 23 heavy (non-hydrogen) atoms. The minimum atomic E-state index is 0.117. The lowest BCUT2D eigenvalue weighted by molar-refractivity contribution is -0.130. The Morgan fingerprint density at radius 3 is 2.91 bits per heavy atom. The van der Waals surface area contributed by atoms with E-state index in [0.717, 1.165) is 36.7 Å². The van der Waals surface area contributed by atoms with E-state index in [0.29, 0.717) is 6.54 Å². The Bertz CT molecular complexity index is 695. The quantitative estimate of drug-likeness (QED) is 0.848. The molecule has 1 saturated heterocycles. The van der Waals surface area contributed by atoms with Crippen LogP contribution in [0.4, 0.5) is 0 Å². The Balaban J connectivity index is 1.83. The van der Waals surface area contributed by atoms with E-state index >= 15 is 0 Å². The van der Waals surface area contributed by atoms with E-state index < -0.39 is 0 Å². The largest absolute Gasteiger partial charge is 0.348 e. The molecule has 1 aliphatic heterocycles. The number of imidazole rings is 1. The van der Waals surface area contributed by atoms with Gasteiger partial charge in [0.15, 0.2) is 5.82 Å². The van der Waals surface area contributed by atoms with Crippen molar-refractivity contribution in [3.8, 4) is 5.82 Å². The molecule has 0 saturated carbocycles. The van der Waals surface area contributed by atoms with Crippen molar-refractivity contribution in [1.29, 1.82) is 0 Å². The molecular weight excluding hydrogens is 292 g/mol. The molecule has 0 bridgehead atoms. The molecule has 1 amide bonds. The van der Waals surface area contributed by atoms with Crippen molar-refractivity contribution in [1.82, 2.24) is 29.3 Å². The molecule has 0 N–H and O–H groups in total. The number of carbonyl (C=O) groups excluding carboxylic acids is 1. The molecule has 7 nitrogen and oxygen atoms in total. The van der Waals surface area contributed by atoms with Crippen LogP contribution in [0.3, 0.4) is 0 Å². The number of carbonyl (C=O) groups is 1. The molecule has 0 spiro atoms. The lowest BCUT2D eigenvalue weighted by Gasteiger charge is -2.24. The second-order valence-electron chi connectivity index (χ2n) is 6.06. The van der Waals surface area contributed by atoms with Crippen LogP contribution in [0.15, 0.2) is 24.8 Å². The molecular formula is C16H22N6O. The van der Waals surface area contributed by atoms with Gasteiger partial charge in [-0.25, -0.2) is 9.97 Å². The monoisotopic (exact) mass is 314 g/mol. The average Bonchev–Trinajstić information content (AvgIpc) is 3.16. The normalized spacial score (nSPS) is 18.3. The number of aromatic nitrogens is 4. The molecule has 0 radical (unpaired) electrons. The van der Waals surface area contributed by atoms with Gasteiger partial charge in [-0.05, 0) is 26.3 Å². The first-order valence-electron chi connectivity index (χ1n) is 7.82. The first kappa shape index (κ1) is 15.6. The Kier molecular flexibility index (Phi) is 4.38. The summed E-state index contributed by atoms with van der Waals surface area (Å²) in [6.45, 7) is 3.28. The fourth-order valence-corrected chi connectivity index (χ4v) is 2.93. The average molecular weight is 314 g/mol. The van der Waals surface area contributed by atoms with Crippen LogP contribution < -0.4 is 0 Å². The van der Waals surface area contributed by atoms with Crippen molar-refractivity contribution >= 4 is 5.91 Å². The topological polar surface area (TPSA) is 67.2 Å². The maximum Gasteiger partial charge on any atom is 0.236 e. The molecule has 3 heterocycles. The molecule has 1 unspecified atom stereocenters. The molecule has 0 aliphatic carbocycles. The van der Waals surface area contributed by atoms with Crippen LogP contribution in [0.25, 0.3) is 5.82 Å². The third-order valence-electron chi connectivity index (χ3n) is 4.26. The smallest absolute Gasteiger partial charge is 0.236 e. The standard InChI is InChI=1S/C16H22N6O/c1-12-18-6-8-22(12)15-10-17-9-13(19-15)14-5-4-7-21(14)11-16(23)20(2)3/h6,8-10,14H,4-5,7,11H2,1-3H3. The number of likely N-dealkylation sites (N-methyl/N-ethyl adjacent to an activating group) is 1. The van der Waals surface area contributed by atoms with Gasteiger partial charge in [0, 0.05) is 26.5 Å². The highest BCUT2D eigenvalue weighted by Gasteiger charge is 2.29. The minimum absolute atomic E-state index is 0.117. The molecule has 7 heteroatoms. The van der Waals surface area contributed by atoms with E-state index in [1.54, 1.807) is 37.6 Å². The molecule has 2 aromatic rings. The summed E-state index contributed by atoms with van der Waals surface area (Å²) in [5.74, 6) is 1.76. The molecule has 0 aromatic carbocycles. The van der Waals surface area contributed by atoms with Crippen molar-refractivity contribution in [2.45, 2.75) is 25.8 Å². The molecule has 1 fully saturated rings. The Hall–Kier alpha value is -2.28. The molecule has 1 atom stereocenters. The van der Waals surface area contributed by atoms with E-state index in [4.69, 9.17) is 4.98 Å². The van der Waals surface area contributed by atoms with Crippen LogP contribution >= 0.6 is 0 Å². The fourth-order valence-electron chi connectivity index (χ4n) is 2.93. The van der Waals surface area contributed by atoms with Gasteiger partial charge in [-0.3, -0.25) is 19.2 Å². The second-order valence-corrected chi connectivity index (χ2v) is 6.06. The SMILES string of the molecule is Cc1nccn1-c1cncc(C2CCCN2CC(=O)N(C)C)n1. The van der Waals surface area contributed by atoms with Crippen LogP contribution in [-0.4, -0.2) is 62.4 Å². The highest BCUT2D eigenvalue weighted by atomic mass is 16.2. The Labute approximate surface area is 136 Å². The summed E-state index contributed by atoms with van der Waals surface area (Å²) in [7, 11) is 3.57. The molecule has 122 valence electrons. The van der Waals surface area contributed by atoms with Gasteiger partial charge < -0.3 is 4.90 Å². The predicted molar refractivity (Wildman–Crippen MR) is 86.1 cm³/mol. The van der Waals surface area contributed by atoms with Crippen molar-refractivity contribution in [2.75, 3.05) is 27.2 Å². The van der Waals surface area contributed by atoms with Crippen LogP contribution in [-0.2, 0) is 4.79 Å². The second kappa shape index (κ2) is 6.45. The van der Waals surface area contributed by atoms with Gasteiger partial charge in [0.25, 0.3) is 0 Å². The first-order valence-corrected chi connectivity index (χ1v) is 7.82. The summed E-state index contributed by atoms with van der Waals surface area (Å²) in [4.78, 5) is 29.2. The summed E-state index contributed by atoms with van der Waals surface area (Å²) in [5.41, 5.74) is 0.916. The lowest BCUT2D eigenvalue weighted by atomic mass is 10.1.